The summed E-state index contributed by atoms with van der Waals surface area (Å²) in [4.78, 5) is 0. The van der Waals surface area contributed by atoms with E-state index in [4.69, 9.17) is 4.74 Å². The predicted octanol–water partition coefficient (Wildman–Crippen LogP) is 4.15. The van der Waals surface area contributed by atoms with E-state index in [-0.39, 0.29) is 5.75 Å². The molecule has 0 saturated carbocycles. The second kappa shape index (κ2) is 9.70. The fourth-order valence-electron chi connectivity index (χ4n) is 2.07. The molecular formula is C16H25F2NO. The van der Waals surface area contributed by atoms with Crippen molar-refractivity contribution in [2.24, 2.45) is 5.92 Å². The van der Waals surface area contributed by atoms with Gasteiger partial charge in [-0.15, -0.1) is 0 Å². The van der Waals surface area contributed by atoms with Gasteiger partial charge in [-0.1, -0.05) is 20.3 Å². The molecule has 20 heavy (non-hydrogen) atoms. The van der Waals surface area contributed by atoms with Gasteiger partial charge < -0.3 is 10.1 Å². The van der Waals surface area contributed by atoms with Gasteiger partial charge in [0.2, 0.25) is 0 Å². The third-order valence-corrected chi connectivity index (χ3v) is 3.26. The maximum Gasteiger partial charge on any atom is 0.129 e. The Bertz CT molecular complexity index is 364. The molecule has 0 saturated heterocycles. The summed E-state index contributed by atoms with van der Waals surface area (Å²) in [7, 11) is 0. The van der Waals surface area contributed by atoms with Gasteiger partial charge in [-0.25, -0.2) is 8.78 Å². The summed E-state index contributed by atoms with van der Waals surface area (Å²) in [6, 6.07) is 3.27. The van der Waals surface area contributed by atoms with Crippen molar-refractivity contribution in [2.75, 3.05) is 19.7 Å². The van der Waals surface area contributed by atoms with Gasteiger partial charge in [0.15, 0.2) is 0 Å². The molecule has 1 aromatic carbocycles. The average Bonchev–Trinajstić information content (AvgIpc) is 2.37. The largest absolute Gasteiger partial charge is 0.493 e. The first-order chi connectivity index (χ1) is 9.61. The van der Waals surface area contributed by atoms with E-state index >= 15 is 0 Å². The lowest BCUT2D eigenvalue weighted by molar-refractivity contribution is 0.296. The quantitative estimate of drug-likeness (QED) is 0.652. The van der Waals surface area contributed by atoms with Crippen molar-refractivity contribution in [3.05, 3.63) is 29.8 Å². The molecule has 4 heteroatoms. The van der Waals surface area contributed by atoms with Crippen LogP contribution >= 0.6 is 0 Å². The first-order valence-electron chi connectivity index (χ1n) is 7.41. The van der Waals surface area contributed by atoms with Gasteiger partial charge in [0.25, 0.3) is 0 Å². The standard InChI is InChI=1S/C16H25F2NO/c1-3-19-8-7-13(2)6-4-5-9-20-16-11-14(17)10-15(18)12-16/h10-13,19H,3-9H2,1-2H3. The van der Waals surface area contributed by atoms with Crippen LogP contribution in [0.25, 0.3) is 0 Å². The Labute approximate surface area is 120 Å². The predicted molar refractivity (Wildman–Crippen MR) is 78.0 cm³/mol. The molecule has 1 unspecified atom stereocenters. The van der Waals surface area contributed by atoms with Crippen LogP contribution in [0, 0.1) is 17.6 Å². The van der Waals surface area contributed by atoms with Crippen LogP contribution in [0.4, 0.5) is 8.78 Å². The lowest BCUT2D eigenvalue weighted by atomic mass is 10.0. The van der Waals surface area contributed by atoms with Crippen molar-refractivity contribution in [1.82, 2.24) is 5.32 Å². The summed E-state index contributed by atoms with van der Waals surface area (Å²) in [6.07, 6.45) is 4.32. The van der Waals surface area contributed by atoms with Crippen LogP contribution in [0.5, 0.6) is 5.75 Å². The first kappa shape index (κ1) is 16.9. The molecule has 1 N–H and O–H groups in total. The molecule has 2 nitrogen and oxygen atoms in total. The summed E-state index contributed by atoms with van der Waals surface area (Å²) in [6.45, 7) is 6.95. The molecular weight excluding hydrogens is 260 g/mol. The fraction of sp³-hybridized carbons (Fsp3) is 0.625. The van der Waals surface area contributed by atoms with Gasteiger partial charge in [0.1, 0.15) is 17.4 Å². The Morgan fingerprint density at radius 3 is 2.45 bits per heavy atom. The Kier molecular flexibility index (Phi) is 8.19. The minimum atomic E-state index is -0.600. The van der Waals surface area contributed by atoms with Crippen LogP contribution in [-0.2, 0) is 0 Å². The van der Waals surface area contributed by atoms with Crippen LogP contribution in [0.2, 0.25) is 0 Å². The highest BCUT2D eigenvalue weighted by Gasteiger charge is 2.03. The van der Waals surface area contributed by atoms with Crippen molar-refractivity contribution in [2.45, 2.75) is 39.5 Å². The second-order valence-corrected chi connectivity index (χ2v) is 5.20. The Hall–Kier alpha value is -1.16. The number of unbranched alkanes of at least 4 members (excludes halogenated alkanes) is 1. The van der Waals surface area contributed by atoms with E-state index in [0.717, 1.165) is 38.4 Å². The summed E-state index contributed by atoms with van der Waals surface area (Å²) >= 11 is 0. The zero-order chi connectivity index (χ0) is 14.8. The molecule has 1 atom stereocenters. The number of hydrogen-bond acceptors (Lipinski definition) is 2. The van der Waals surface area contributed by atoms with E-state index in [0.29, 0.717) is 12.5 Å². The van der Waals surface area contributed by atoms with Gasteiger partial charge in [-0.05, 0) is 38.3 Å². The maximum absolute atomic E-state index is 12.9. The summed E-state index contributed by atoms with van der Waals surface area (Å²) in [5.74, 6) is -0.238. The van der Waals surface area contributed by atoms with Crippen molar-refractivity contribution >= 4 is 0 Å². The monoisotopic (exact) mass is 285 g/mol. The lowest BCUT2D eigenvalue weighted by Crippen LogP contribution is -2.16. The van der Waals surface area contributed by atoms with E-state index in [1.165, 1.54) is 18.6 Å². The smallest absolute Gasteiger partial charge is 0.129 e. The normalized spacial score (nSPS) is 12.4. The van der Waals surface area contributed by atoms with Gasteiger partial charge in [0, 0.05) is 18.2 Å². The minimum Gasteiger partial charge on any atom is -0.493 e. The van der Waals surface area contributed by atoms with Gasteiger partial charge in [-0.2, -0.15) is 0 Å². The third-order valence-electron chi connectivity index (χ3n) is 3.26. The second-order valence-electron chi connectivity index (χ2n) is 5.20. The molecule has 0 aliphatic rings. The van der Waals surface area contributed by atoms with E-state index in [1.54, 1.807) is 0 Å². The number of ether oxygens (including phenoxy) is 1. The van der Waals surface area contributed by atoms with Crippen molar-refractivity contribution in [1.29, 1.82) is 0 Å². The van der Waals surface area contributed by atoms with Crippen LogP contribution < -0.4 is 10.1 Å². The Balaban J connectivity index is 2.09. The fourth-order valence-corrected chi connectivity index (χ4v) is 2.07. The molecule has 0 heterocycles. The molecule has 0 aliphatic heterocycles. The van der Waals surface area contributed by atoms with Crippen molar-refractivity contribution in [3.63, 3.8) is 0 Å². The number of halogens is 2. The molecule has 0 aromatic heterocycles. The number of rotatable bonds is 10. The lowest BCUT2D eigenvalue weighted by Gasteiger charge is -2.11. The molecule has 1 rings (SSSR count). The maximum atomic E-state index is 12.9. The van der Waals surface area contributed by atoms with E-state index < -0.39 is 11.6 Å². The number of hydrogen-bond donors (Lipinski definition) is 1. The van der Waals surface area contributed by atoms with E-state index in [1.807, 2.05) is 0 Å². The highest BCUT2D eigenvalue weighted by Crippen LogP contribution is 2.16. The highest BCUT2D eigenvalue weighted by molar-refractivity contribution is 5.23. The highest BCUT2D eigenvalue weighted by atomic mass is 19.1. The molecule has 0 bridgehead atoms. The number of nitrogens with one attached hydrogen (secondary N) is 1. The molecule has 1 aromatic rings. The molecule has 0 amide bonds. The van der Waals surface area contributed by atoms with Crippen LogP contribution in [0.1, 0.15) is 39.5 Å². The molecule has 0 radical (unpaired) electrons. The van der Waals surface area contributed by atoms with Crippen LogP contribution in [0.3, 0.4) is 0 Å². The SMILES string of the molecule is CCNCCC(C)CCCCOc1cc(F)cc(F)c1. The molecule has 0 aliphatic carbocycles. The van der Waals surface area contributed by atoms with Crippen LogP contribution in [0.15, 0.2) is 18.2 Å². The zero-order valence-corrected chi connectivity index (χ0v) is 12.4. The summed E-state index contributed by atoms with van der Waals surface area (Å²) in [5, 5.41) is 3.32. The molecule has 114 valence electrons. The van der Waals surface area contributed by atoms with Crippen molar-refractivity contribution in [3.8, 4) is 5.75 Å². The van der Waals surface area contributed by atoms with E-state index in [9.17, 15) is 8.78 Å². The summed E-state index contributed by atoms with van der Waals surface area (Å²) < 4.78 is 31.2. The van der Waals surface area contributed by atoms with Gasteiger partial charge in [0.05, 0.1) is 6.61 Å². The zero-order valence-electron chi connectivity index (χ0n) is 12.4. The summed E-state index contributed by atoms with van der Waals surface area (Å²) in [5.41, 5.74) is 0. The van der Waals surface area contributed by atoms with Gasteiger partial charge in [-0.3, -0.25) is 0 Å². The first-order valence-corrected chi connectivity index (χ1v) is 7.41. The number of benzene rings is 1. The van der Waals surface area contributed by atoms with Gasteiger partial charge >= 0.3 is 0 Å². The molecule has 0 fully saturated rings. The van der Waals surface area contributed by atoms with Crippen molar-refractivity contribution < 1.29 is 13.5 Å². The Morgan fingerprint density at radius 2 is 1.80 bits per heavy atom. The van der Waals surface area contributed by atoms with Crippen LogP contribution in [-0.4, -0.2) is 19.7 Å². The topological polar surface area (TPSA) is 21.3 Å². The third kappa shape index (κ3) is 7.43. The van der Waals surface area contributed by atoms with E-state index in [2.05, 4.69) is 19.2 Å². The average molecular weight is 285 g/mol. The molecule has 0 spiro atoms. The Morgan fingerprint density at radius 1 is 1.10 bits per heavy atom. The minimum absolute atomic E-state index is 0.266.